The molecule has 0 aromatic heterocycles. The zero-order chi connectivity index (χ0) is 14.9. The fraction of sp³-hybridized carbons (Fsp3) is 1.00. The first-order chi connectivity index (χ1) is 9.37. The van der Waals surface area contributed by atoms with Crippen molar-refractivity contribution in [2.24, 2.45) is 11.7 Å². The molecule has 0 amide bonds. The Kier molecular flexibility index (Phi) is 5.07. The Morgan fingerprint density at radius 2 is 1.95 bits per heavy atom. The Morgan fingerprint density at radius 3 is 2.60 bits per heavy atom. The first-order valence-electron chi connectivity index (χ1n) is 7.48. The summed E-state index contributed by atoms with van der Waals surface area (Å²) in [6.07, 6.45) is 1.90. The highest BCUT2D eigenvalue weighted by Crippen LogP contribution is 2.28. The van der Waals surface area contributed by atoms with Gasteiger partial charge in [0.2, 0.25) is 0 Å². The smallest absolute Gasteiger partial charge is 0.282 e. The van der Waals surface area contributed by atoms with Crippen molar-refractivity contribution < 1.29 is 13.2 Å². The van der Waals surface area contributed by atoms with Gasteiger partial charge in [0.1, 0.15) is 0 Å². The average molecular weight is 305 g/mol. The number of hydrogen-bond donors (Lipinski definition) is 1. The summed E-state index contributed by atoms with van der Waals surface area (Å²) >= 11 is 0. The zero-order valence-corrected chi connectivity index (χ0v) is 13.5. The lowest BCUT2D eigenvalue weighted by molar-refractivity contribution is -0.0203. The van der Waals surface area contributed by atoms with E-state index >= 15 is 0 Å². The van der Waals surface area contributed by atoms with Crippen LogP contribution in [0.25, 0.3) is 0 Å². The van der Waals surface area contributed by atoms with E-state index in [2.05, 4.69) is 6.92 Å². The van der Waals surface area contributed by atoms with E-state index in [4.69, 9.17) is 10.5 Å². The number of hydrogen-bond acceptors (Lipinski definition) is 4. The molecule has 0 saturated carbocycles. The third-order valence-corrected chi connectivity index (χ3v) is 6.60. The molecule has 2 heterocycles. The molecule has 0 bridgehead atoms. The third kappa shape index (κ3) is 3.01. The highest BCUT2D eigenvalue weighted by molar-refractivity contribution is 7.86. The van der Waals surface area contributed by atoms with Crippen LogP contribution in [0.1, 0.15) is 33.6 Å². The lowest BCUT2D eigenvalue weighted by Crippen LogP contribution is -2.60. The predicted octanol–water partition coefficient (Wildman–Crippen LogP) is 0.400. The normalized spacial score (nSPS) is 38.0. The number of morpholine rings is 1. The van der Waals surface area contributed by atoms with Crippen molar-refractivity contribution in [2.75, 3.05) is 26.2 Å². The van der Waals surface area contributed by atoms with Crippen LogP contribution in [0.3, 0.4) is 0 Å². The maximum atomic E-state index is 13.0. The molecule has 2 aliphatic heterocycles. The molecular weight excluding hydrogens is 278 g/mol. The highest BCUT2D eigenvalue weighted by Gasteiger charge is 2.42. The minimum atomic E-state index is -3.45. The molecule has 2 saturated heterocycles. The summed E-state index contributed by atoms with van der Waals surface area (Å²) in [4.78, 5) is 0. The quantitative estimate of drug-likeness (QED) is 0.819. The monoisotopic (exact) mass is 305 g/mol. The van der Waals surface area contributed by atoms with Crippen molar-refractivity contribution in [1.82, 2.24) is 8.61 Å². The van der Waals surface area contributed by atoms with E-state index in [1.165, 1.54) is 0 Å². The molecule has 0 aromatic carbocycles. The molecule has 7 heteroatoms. The first-order valence-corrected chi connectivity index (χ1v) is 8.88. The van der Waals surface area contributed by atoms with E-state index in [1.807, 2.05) is 13.8 Å². The molecule has 0 unspecified atom stereocenters. The van der Waals surface area contributed by atoms with Crippen LogP contribution >= 0.6 is 0 Å². The fourth-order valence-electron chi connectivity index (χ4n) is 3.18. The van der Waals surface area contributed by atoms with Gasteiger partial charge >= 0.3 is 0 Å². The molecule has 2 rings (SSSR count). The van der Waals surface area contributed by atoms with Gasteiger partial charge in [-0.25, -0.2) is 0 Å². The second-order valence-corrected chi connectivity index (χ2v) is 7.94. The number of rotatable bonds is 3. The van der Waals surface area contributed by atoms with Crippen LogP contribution in [0.15, 0.2) is 0 Å². The Labute approximate surface area is 122 Å². The van der Waals surface area contributed by atoms with E-state index in [1.54, 1.807) is 8.61 Å². The van der Waals surface area contributed by atoms with Crippen LogP contribution in [-0.4, -0.2) is 61.5 Å². The second-order valence-electron chi connectivity index (χ2n) is 6.10. The topological polar surface area (TPSA) is 75.9 Å². The molecule has 2 N–H and O–H groups in total. The van der Waals surface area contributed by atoms with Gasteiger partial charge in [-0.1, -0.05) is 6.92 Å². The first kappa shape index (κ1) is 16.2. The number of nitrogens with two attached hydrogens (primary N) is 1. The van der Waals surface area contributed by atoms with E-state index in [9.17, 15) is 8.42 Å². The van der Waals surface area contributed by atoms with Crippen LogP contribution in [0.4, 0.5) is 0 Å². The summed E-state index contributed by atoms with van der Waals surface area (Å²) in [5.74, 6) is 0.317. The van der Waals surface area contributed by atoms with Crippen molar-refractivity contribution in [2.45, 2.75) is 51.8 Å². The van der Waals surface area contributed by atoms with Crippen LogP contribution in [0.2, 0.25) is 0 Å². The van der Waals surface area contributed by atoms with Crippen LogP contribution in [0.5, 0.6) is 0 Å². The van der Waals surface area contributed by atoms with Gasteiger partial charge in [-0.3, -0.25) is 0 Å². The van der Waals surface area contributed by atoms with Gasteiger partial charge in [0.05, 0.1) is 12.7 Å². The minimum Gasteiger partial charge on any atom is -0.375 e. The van der Waals surface area contributed by atoms with Crippen molar-refractivity contribution in [3.63, 3.8) is 0 Å². The molecule has 6 nitrogen and oxygen atoms in total. The van der Waals surface area contributed by atoms with Crippen LogP contribution in [-0.2, 0) is 14.9 Å². The molecular formula is C13H27N3O3S. The molecule has 0 radical (unpaired) electrons. The summed E-state index contributed by atoms with van der Waals surface area (Å²) in [5.41, 5.74) is 5.82. The van der Waals surface area contributed by atoms with Gasteiger partial charge < -0.3 is 10.5 Å². The van der Waals surface area contributed by atoms with Gasteiger partial charge in [0.25, 0.3) is 10.2 Å². The molecule has 4 atom stereocenters. The molecule has 118 valence electrons. The van der Waals surface area contributed by atoms with Gasteiger partial charge in [0.15, 0.2) is 0 Å². The molecule has 0 spiro atoms. The Hall–Kier alpha value is -0.210. The minimum absolute atomic E-state index is 0.0560. The molecule has 20 heavy (non-hydrogen) atoms. The van der Waals surface area contributed by atoms with Gasteiger partial charge in [-0.15, -0.1) is 0 Å². The lowest BCUT2D eigenvalue weighted by Gasteiger charge is -2.44. The maximum absolute atomic E-state index is 13.0. The average Bonchev–Trinajstić information content (AvgIpc) is 2.41. The molecule has 0 aliphatic carbocycles. The van der Waals surface area contributed by atoms with Gasteiger partial charge in [-0.2, -0.15) is 17.0 Å². The Morgan fingerprint density at radius 1 is 1.25 bits per heavy atom. The van der Waals surface area contributed by atoms with Crippen LogP contribution < -0.4 is 5.73 Å². The summed E-state index contributed by atoms with van der Waals surface area (Å²) in [7, 11) is -3.45. The predicted molar refractivity (Wildman–Crippen MR) is 78.4 cm³/mol. The molecule has 0 aromatic rings. The third-order valence-electron chi connectivity index (χ3n) is 4.45. The van der Waals surface area contributed by atoms with E-state index < -0.39 is 10.2 Å². The molecule has 2 aliphatic rings. The van der Waals surface area contributed by atoms with E-state index in [-0.39, 0.29) is 18.2 Å². The van der Waals surface area contributed by atoms with Crippen LogP contribution in [0, 0.1) is 5.92 Å². The molecule has 2 fully saturated rings. The highest BCUT2D eigenvalue weighted by atomic mass is 32.2. The van der Waals surface area contributed by atoms with Crippen molar-refractivity contribution in [3.05, 3.63) is 0 Å². The van der Waals surface area contributed by atoms with Gasteiger partial charge in [0, 0.05) is 31.7 Å². The van der Waals surface area contributed by atoms with E-state index in [0.29, 0.717) is 32.2 Å². The standard InChI is InChI=1S/C13H27N3O3S/c1-10-5-4-6-15(13(10)7-14)20(17,18)16-8-12(3)19-9-11(16)2/h10-13H,4-9,14H2,1-3H3/t10-,11+,12+,13+/m0/s1. The number of piperidine rings is 1. The fourth-order valence-corrected chi connectivity index (χ4v) is 5.36. The summed E-state index contributed by atoms with van der Waals surface area (Å²) in [5, 5.41) is 0. The van der Waals surface area contributed by atoms with E-state index in [0.717, 1.165) is 12.8 Å². The summed E-state index contributed by atoms with van der Waals surface area (Å²) in [6.45, 7) is 7.73. The summed E-state index contributed by atoms with van der Waals surface area (Å²) in [6, 6.07) is -0.203. The van der Waals surface area contributed by atoms with Crippen molar-refractivity contribution >= 4 is 10.2 Å². The van der Waals surface area contributed by atoms with Gasteiger partial charge in [-0.05, 0) is 32.6 Å². The number of ether oxygens (including phenoxy) is 1. The second kappa shape index (κ2) is 6.27. The summed E-state index contributed by atoms with van der Waals surface area (Å²) < 4.78 is 34.6. The zero-order valence-electron chi connectivity index (χ0n) is 12.7. The maximum Gasteiger partial charge on any atom is 0.282 e. The number of nitrogens with zero attached hydrogens (tertiary/aromatic N) is 2. The largest absolute Gasteiger partial charge is 0.375 e. The lowest BCUT2D eigenvalue weighted by atomic mass is 9.93. The SMILES string of the molecule is C[C@@H]1CN(S(=O)(=O)N2CCC[C@H](C)[C@H]2CN)[C@H](C)CO1. The Bertz CT molecular complexity index is 429. The Balaban J connectivity index is 2.23. The van der Waals surface area contributed by atoms with Crippen molar-refractivity contribution in [3.8, 4) is 0 Å². The van der Waals surface area contributed by atoms with Crippen molar-refractivity contribution in [1.29, 1.82) is 0 Å².